The molecular weight excluding hydrogens is 305 g/mol. The van der Waals surface area contributed by atoms with E-state index in [1.807, 2.05) is 25.1 Å². The number of rotatable bonds is 1. The van der Waals surface area contributed by atoms with Gasteiger partial charge in [-0.2, -0.15) is 5.10 Å². The number of aryl methyl sites for hydroxylation is 1. The van der Waals surface area contributed by atoms with Crippen LogP contribution in [-0.4, -0.2) is 14.6 Å². The van der Waals surface area contributed by atoms with Crippen LogP contribution in [0.5, 0.6) is 0 Å². The van der Waals surface area contributed by atoms with E-state index in [1.165, 1.54) is 0 Å². The molecule has 0 amide bonds. The van der Waals surface area contributed by atoms with Gasteiger partial charge in [-0.3, -0.25) is 0 Å². The number of hydrogen-bond donors (Lipinski definition) is 0. The Balaban J connectivity index is 2.39. The van der Waals surface area contributed by atoms with Crippen molar-refractivity contribution >= 4 is 40.4 Å². The van der Waals surface area contributed by atoms with Crippen molar-refractivity contribution in [3.05, 3.63) is 51.4 Å². The van der Waals surface area contributed by atoms with Gasteiger partial charge in [0, 0.05) is 16.1 Å². The molecule has 0 spiro atoms. The summed E-state index contributed by atoms with van der Waals surface area (Å²) in [5.74, 6) is 0. The fourth-order valence-corrected chi connectivity index (χ4v) is 2.79. The van der Waals surface area contributed by atoms with E-state index in [9.17, 15) is 0 Å². The number of nitrogens with zero attached hydrogens (tertiary/aromatic N) is 3. The number of aromatic nitrogens is 3. The van der Waals surface area contributed by atoms with Crippen molar-refractivity contribution in [1.29, 1.82) is 0 Å². The molecule has 6 heteroatoms. The van der Waals surface area contributed by atoms with Crippen LogP contribution in [0.4, 0.5) is 0 Å². The van der Waals surface area contributed by atoms with Crippen LogP contribution in [0.3, 0.4) is 0 Å². The molecule has 3 aromatic rings. The first-order valence-electron chi connectivity index (χ1n) is 5.54. The second-order valence-electron chi connectivity index (χ2n) is 4.11. The van der Waals surface area contributed by atoms with Crippen LogP contribution < -0.4 is 0 Å². The first-order valence-corrected chi connectivity index (χ1v) is 6.67. The van der Waals surface area contributed by atoms with Crippen LogP contribution in [-0.2, 0) is 0 Å². The van der Waals surface area contributed by atoms with Crippen molar-refractivity contribution in [1.82, 2.24) is 14.6 Å². The quantitative estimate of drug-likeness (QED) is 0.611. The molecule has 1 aromatic carbocycles. The Labute approximate surface area is 124 Å². The number of hydrogen-bond acceptors (Lipinski definition) is 2. The third kappa shape index (κ3) is 1.98. The molecule has 0 aliphatic heterocycles. The minimum absolute atomic E-state index is 0.314. The van der Waals surface area contributed by atoms with Crippen LogP contribution in [0.15, 0.2) is 30.5 Å². The molecule has 0 N–H and O–H groups in total. The van der Waals surface area contributed by atoms with Gasteiger partial charge in [0.1, 0.15) is 10.3 Å². The first-order chi connectivity index (χ1) is 9.09. The van der Waals surface area contributed by atoms with Crippen LogP contribution in [0, 0.1) is 6.92 Å². The molecule has 0 atom stereocenters. The second-order valence-corrected chi connectivity index (χ2v) is 5.23. The molecule has 0 aliphatic carbocycles. The summed E-state index contributed by atoms with van der Waals surface area (Å²) in [4.78, 5) is 4.34. The molecule has 0 saturated carbocycles. The maximum atomic E-state index is 6.38. The minimum atomic E-state index is 0.314. The van der Waals surface area contributed by atoms with Gasteiger partial charge in [0.05, 0.1) is 11.8 Å². The molecule has 0 aliphatic rings. The first kappa shape index (κ1) is 12.7. The lowest BCUT2D eigenvalue weighted by Crippen LogP contribution is -1.97. The number of benzene rings is 1. The molecule has 19 heavy (non-hydrogen) atoms. The number of halogens is 3. The number of fused-ring (bicyclic) bond motifs is 1. The zero-order valence-electron chi connectivity index (χ0n) is 9.86. The Morgan fingerprint density at radius 2 is 1.84 bits per heavy atom. The van der Waals surface area contributed by atoms with Crippen LogP contribution in [0.1, 0.15) is 5.56 Å². The Morgan fingerprint density at radius 3 is 2.58 bits per heavy atom. The largest absolute Gasteiger partial charge is 0.216 e. The molecule has 2 heterocycles. The third-order valence-electron chi connectivity index (χ3n) is 2.87. The highest BCUT2D eigenvalue weighted by atomic mass is 35.5. The summed E-state index contributed by atoms with van der Waals surface area (Å²) in [5.41, 5.74) is 2.88. The minimum Gasteiger partial charge on any atom is -0.216 e. The highest BCUT2D eigenvalue weighted by molar-refractivity contribution is 6.40. The SMILES string of the molecule is Cc1cnn2c(Cl)c(-c3ccccc3Cl)c(Cl)nc12. The van der Waals surface area contributed by atoms with Gasteiger partial charge in [-0.25, -0.2) is 9.50 Å². The van der Waals surface area contributed by atoms with Crippen LogP contribution >= 0.6 is 34.8 Å². The molecule has 0 bridgehead atoms. The van der Waals surface area contributed by atoms with E-state index in [0.717, 1.165) is 11.1 Å². The second kappa shape index (κ2) is 4.67. The standard InChI is InChI=1S/C13H8Cl3N3/c1-7-6-17-19-12(16)10(11(15)18-13(7)19)8-4-2-3-5-9(8)14/h2-6H,1H3. The van der Waals surface area contributed by atoms with Gasteiger partial charge in [-0.05, 0) is 13.0 Å². The molecule has 0 saturated heterocycles. The van der Waals surface area contributed by atoms with Gasteiger partial charge >= 0.3 is 0 Å². The topological polar surface area (TPSA) is 30.2 Å². The highest BCUT2D eigenvalue weighted by Crippen LogP contribution is 2.37. The fourth-order valence-electron chi connectivity index (χ4n) is 1.93. The average Bonchev–Trinajstić information content (AvgIpc) is 2.74. The summed E-state index contributed by atoms with van der Waals surface area (Å²) in [6.07, 6.45) is 1.70. The maximum Gasteiger partial charge on any atom is 0.161 e. The van der Waals surface area contributed by atoms with Crippen molar-refractivity contribution in [3.8, 4) is 11.1 Å². The molecular formula is C13H8Cl3N3. The Hall–Kier alpha value is -1.29. The van der Waals surface area contributed by atoms with Crippen molar-refractivity contribution < 1.29 is 0 Å². The van der Waals surface area contributed by atoms with E-state index in [-0.39, 0.29) is 0 Å². The van der Waals surface area contributed by atoms with E-state index in [1.54, 1.807) is 16.8 Å². The van der Waals surface area contributed by atoms with Crippen molar-refractivity contribution in [2.24, 2.45) is 0 Å². The van der Waals surface area contributed by atoms with Gasteiger partial charge in [-0.15, -0.1) is 0 Å². The van der Waals surface area contributed by atoms with Crippen molar-refractivity contribution in [2.45, 2.75) is 6.92 Å². The highest BCUT2D eigenvalue weighted by Gasteiger charge is 2.18. The van der Waals surface area contributed by atoms with Crippen molar-refractivity contribution in [2.75, 3.05) is 0 Å². The molecule has 3 rings (SSSR count). The zero-order valence-corrected chi connectivity index (χ0v) is 12.1. The summed E-state index contributed by atoms with van der Waals surface area (Å²) in [5, 5.41) is 5.47. The normalized spacial score (nSPS) is 11.2. The lowest BCUT2D eigenvalue weighted by molar-refractivity contribution is 0.942. The molecule has 0 radical (unpaired) electrons. The zero-order chi connectivity index (χ0) is 13.6. The van der Waals surface area contributed by atoms with Gasteiger partial charge in [-0.1, -0.05) is 53.0 Å². The molecule has 0 unspecified atom stereocenters. The third-order valence-corrected chi connectivity index (χ3v) is 3.82. The predicted molar refractivity (Wildman–Crippen MR) is 78.2 cm³/mol. The fraction of sp³-hybridized carbons (Fsp3) is 0.0769. The smallest absolute Gasteiger partial charge is 0.161 e. The van der Waals surface area contributed by atoms with E-state index in [4.69, 9.17) is 34.8 Å². The van der Waals surface area contributed by atoms with Gasteiger partial charge in [0.15, 0.2) is 5.65 Å². The molecule has 3 nitrogen and oxygen atoms in total. The summed E-state index contributed by atoms with van der Waals surface area (Å²) in [6.45, 7) is 1.90. The molecule has 2 aromatic heterocycles. The van der Waals surface area contributed by atoms with Gasteiger partial charge in [0.2, 0.25) is 0 Å². The van der Waals surface area contributed by atoms with E-state index in [2.05, 4.69) is 10.1 Å². The van der Waals surface area contributed by atoms with Gasteiger partial charge in [0.25, 0.3) is 0 Å². The lowest BCUT2D eigenvalue weighted by Gasteiger charge is -2.10. The monoisotopic (exact) mass is 311 g/mol. The summed E-state index contributed by atoms with van der Waals surface area (Å²) >= 11 is 18.8. The lowest BCUT2D eigenvalue weighted by atomic mass is 10.1. The average molecular weight is 313 g/mol. The Morgan fingerprint density at radius 1 is 1.11 bits per heavy atom. The van der Waals surface area contributed by atoms with Crippen molar-refractivity contribution in [3.63, 3.8) is 0 Å². The molecule has 96 valence electrons. The summed E-state index contributed by atoms with van der Waals surface area (Å²) < 4.78 is 1.56. The van der Waals surface area contributed by atoms with Crippen LogP contribution in [0.2, 0.25) is 15.3 Å². The Kier molecular flexibility index (Phi) is 3.13. The Bertz CT molecular complexity index is 780. The summed E-state index contributed by atoms with van der Waals surface area (Å²) in [7, 11) is 0. The molecule has 0 fully saturated rings. The van der Waals surface area contributed by atoms with E-state index < -0.39 is 0 Å². The van der Waals surface area contributed by atoms with E-state index >= 15 is 0 Å². The predicted octanol–water partition coefficient (Wildman–Crippen LogP) is 4.66. The van der Waals surface area contributed by atoms with Gasteiger partial charge < -0.3 is 0 Å². The van der Waals surface area contributed by atoms with Crippen LogP contribution in [0.25, 0.3) is 16.8 Å². The summed E-state index contributed by atoms with van der Waals surface area (Å²) in [6, 6.07) is 7.34. The maximum absolute atomic E-state index is 6.38. The van der Waals surface area contributed by atoms with E-state index in [0.29, 0.717) is 26.5 Å².